The lowest BCUT2D eigenvalue weighted by molar-refractivity contribution is -0.131. The van der Waals surface area contributed by atoms with Crippen LogP contribution >= 0.6 is 0 Å². The summed E-state index contributed by atoms with van der Waals surface area (Å²) >= 11 is 0. The summed E-state index contributed by atoms with van der Waals surface area (Å²) in [6.07, 6.45) is 0. The fraction of sp³-hybridized carbons (Fsp3) is 0.417. The van der Waals surface area contributed by atoms with Gasteiger partial charge in [-0.3, -0.25) is 4.79 Å². The van der Waals surface area contributed by atoms with Crippen LogP contribution in [0, 0.1) is 5.82 Å². The summed E-state index contributed by atoms with van der Waals surface area (Å²) < 4.78 is 18.8. The Kier molecular flexibility index (Phi) is 6.78. The average molecular weight is 441 g/mol. The van der Waals surface area contributed by atoms with E-state index in [0.717, 1.165) is 30.1 Å². The van der Waals surface area contributed by atoms with E-state index in [0.29, 0.717) is 39.3 Å². The molecule has 2 aliphatic rings. The molecule has 0 spiro atoms. The van der Waals surface area contributed by atoms with Gasteiger partial charge in [0.25, 0.3) is 0 Å². The van der Waals surface area contributed by atoms with Crippen molar-refractivity contribution in [1.82, 2.24) is 14.7 Å². The number of para-hydroxylation sites is 2. The number of anilines is 1. The molecule has 2 heterocycles. The van der Waals surface area contributed by atoms with Crippen LogP contribution in [0.25, 0.3) is 0 Å². The first-order chi connectivity index (χ1) is 15.5. The van der Waals surface area contributed by atoms with Crippen LogP contribution in [0.3, 0.4) is 0 Å². The number of urea groups is 1. The van der Waals surface area contributed by atoms with Gasteiger partial charge in [0.05, 0.1) is 12.3 Å². The number of rotatable bonds is 7. The molecular formula is C24H29FN4O3. The van der Waals surface area contributed by atoms with Crippen LogP contribution in [-0.4, -0.2) is 79.1 Å². The number of piperazine rings is 1. The third kappa shape index (κ3) is 4.95. The van der Waals surface area contributed by atoms with Crippen molar-refractivity contribution in [3.05, 3.63) is 59.9 Å². The third-order valence-corrected chi connectivity index (χ3v) is 5.93. The maximum atomic E-state index is 13.1. The van der Waals surface area contributed by atoms with Gasteiger partial charge in [-0.15, -0.1) is 0 Å². The van der Waals surface area contributed by atoms with E-state index < -0.39 is 0 Å². The first kappa shape index (κ1) is 21.9. The predicted octanol–water partition coefficient (Wildman–Crippen LogP) is 2.81. The monoisotopic (exact) mass is 440 g/mol. The summed E-state index contributed by atoms with van der Waals surface area (Å²) in [5.41, 5.74) is 1.92. The molecule has 0 atom stereocenters. The van der Waals surface area contributed by atoms with Crippen LogP contribution in [0.4, 0.5) is 14.9 Å². The van der Waals surface area contributed by atoms with Gasteiger partial charge >= 0.3 is 6.03 Å². The number of hydrogen-bond donors (Lipinski definition) is 0. The molecule has 2 saturated heterocycles. The van der Waals surface area contributed by atoms with Gasteiger partial charge in [0.15, 0.2) is 0 Å². The maximum Gasteiger partial charge on any atom is 0.320 e. The van der Waals surface area contributed by atoms with E-state index in [1.807, 2.05) is 36.1 Å². The van der Waals surface area contributed by atoms with Crippen molar-refractivity contribution in [2.45, 2.75) is 13.5 Å². The van der Waals surface area contributed by atoms with Gasteiger partial charge < -0.3 is 24.3 Å². The van der Waals surface area contributed by atoms with Crippen LogP contribution in [0.2, 0.25) is 0 Å². The molecule has 0 saturated carbocycles. The average Bonchev–Trinajstić information content (AvgIpc) is 3.15. The van der Waals surface area contributed by atoms with Crippen molar-refractivity contribution in [3.8, 4) is 5.75 Å². The highest BCUT2D eigenvalue weighted by Gasteiger charge is 2.32. The number of halogens is 1. The van der Waals surface area contributed by atoms with E-state index in [1.54, 1.807) is 21.9 Å². The molecule has 2 fully saturated rings. The summed E-state index contributed by atoms with van der Waals surface area (Å²) in [6.45, 7) is 6.84. The molecule has 4 rings (SSSR count). The number of carbonyl (C=O) groups excluding carboxylic acids is 2. The Labute approximate surface area is 187 Å². The summed E-state index contributed by atoms with van der Waals surface area (Å²) in [7, 11) is 0. The van der Waals surface area contributed by atoms with Crippen molar-refractivity contribution in [1.29, 1.82) is 0 Å². The lowest BCUT2D eigenvalue weighted by Gasteiger charge is -2.37. The van der Waals surface area contributed by atoms with Gasteiger partial charge in [0.2, 0.25) is 5.91 Å². The van der Waals surface area contributed by atoms with Gasteiger partial charge in [0.1, 0.15) is 18.1 Å². The molecule has 0 N–H and O–H groups in total. The van der Waals surface area contributed by atoms with Crippen LogP contribution in [-0.2, 0) is 11.3 Å². The zero-order chi connectivity index (χ0) is 22.5. The molecule has 32 heavy (non-hydrogen) atoms. The van der Waals surface area contributed by atoms with E-state index in [-0.39, 0.29) is 24.3 Å². The SMILES string of the molecule is CCOc1ccccc1N1CCN(C(=O)CN2CCN(Cc3ccc(F)cc3)C2=O)CC1. The number of nitrogens with zero attached hydrogens (tertiary/aromatic N) is 4. The quantitative estimate of drug-likeness (QED) is 0.665. The zero-order valence-electron chi connectivity index (χ0n) is 18.4. The molecule has 0 bridgehead atoms. The third-order valence-electron chi connectivity index (χ3n) is 5.93. The van der Waals surface area contributed by atoms with Crippen molar-refractivity contribution in [3.63, 3.8) is 0 Å². The number of ether oxygens (including phenoxy) is 1. The van der Waals surface area contributed by atoms with E-state index in [1.165, 1.54) is 12.1 Å². The van der Waals surface area contributed by atoms with Crippen molar-refractivity contribution >= 4 is 17.6 Å². The standard InChI is InChI=1S/C24H29FN4O3/c1-2-32-22-6-4-3-5-21(22)26-11-13-27(14-12-26)23(30)18-29-16-15-28(24(29)31)17-19-7-9-20(25)10-8-19/h3-10H,2,11-18H2,1H3. The molecule has 3 amide bonds. The lowest BCUT2D eigenvalue weighted by atomic mass is 10.2. The molecule has 7 nitrogen and oxygen atoms in total. The number of carbonyl (C=O) groups is 2. The van der Waals surface area contributed by atoms with Crippen molar-refractivity contribution in [2.24, 2.45) is 0 Å². The second kappa shape index (κ2) is 9.89. The molecule has 0 aliphatic carbocycles. The van der Waals surface area contributed by atoms with E-state index in [2.05, 4.69) is 4.90 Å². The highest BCUT2D eigenvalue weighted by atomic mass is 19.1. The highest BCUT2D eigenvalue weighted by Crippen LogP contribution is 2.28. The second-order valence-corrected chi connectivity index (χ2v) is 8.02. The predicted molar refractivity (Wildman–Crippen MR) is 120 cm³/mol. The Morgan fingerprint density at radius 1 is 0.938 bits per heavy atom. The Balaban J connectivity index is 1.28. The first-order valence-electron chi connectivity index (χ1n) is 11.1. The molecule has 2 aromatic rings. The van der Waals surface area contributed by atoms with Gasteiger partial charge in [-0.1, -0.05) is 24.3 Å². The Morgan fingerprint density at radius 3 is 2.34 bits per heavy atom. The van der Waals surface area contributed by atoms with Crippen molar-refractivity contribution in [2.75, 3.05) is 57.3 Å². The summed E-state index contributed by atoms with van der Waals surface area (Å²) in [6, 6.07) is 14.0. The molecular weight excluding hydrogens is 411 g/mol. The molecule has 0 unspecified atom stereocenters. The zero-order valence-corrected chi connectivity index (χ0v) is 18.4. The second-order valence-electron chi connectivity index (χ2n) is 8.02. The van der Waals surface area contributed by atoms with Crippen LogP contribution < -0.4 is 9.64 Å². The smallest absolute Gasteiger partial charge is 0.320 e. The molecule has 2 aliphatic heterocycles. The molecule has 2 aromatic carbocycles. The number of benzene rings is 2. The lowest BCUT2D eigenvalue weighted by Crippen LogP contribution is -2.51. The van der Waals surface area contributed by atoms with Gasteiger partial charge in [-0.2, -0.15) is 0 Å². The van der Waals surface area contributed by atoms with Crippen LogP contribution in [0.1, 0.15) is 12.5 Å². The van der Waals surface area contributed by atoms with Crippen molar-refractivity contribution < 1.29 is 18.7 Å². The fourth-order valence-electron chi connectivity index (χ4n) is 4.19. The maximum absolute atomic E-state index is 13.1. The van der Waals surface area contributed by atoms with Crippen LogP contribution in [0.15, 0.2) is 48.5 Å². The first-order valence-corrected chi connectivity index (χ1v) is 11.1. The number of hydrogen-bond acceptors (Lipinski definition) is 4. The fourth-order valence-corrected chi connectivity index (χ4v) is 4.19. The minimum absolute atomic E-state index is 0.0280. The Bertz CT molecular complexity index is 945. The largest absolute Gasteiger partial charge is 0.492 e. The molecule has 8 heteroatoms. The minimum atomic E-state index is -0.296. The topological polar surface area (TPSA) is 56.3 Å². The molecule has 170 valence electrons. The molecule has 0 radical (unpaired) electrons. The highest BCUT2D eigenvalue weighted by molar-refractivity contribution is 5.85. The van der Waals surface area contributed by atoms with E-state index in [4.69, 9.17) is 4.74 Å². The van der Waals surface area contributed by atoms with E-state index in [9.17, 15) is 14.0 Å². The number of amides is 3. The Hall–Kier alpha value is -3.29. The summed E-state index contributed by atoms with van der Waals surface area (Å²) in [5.74, 6) is 0.536. The summed E-state index contributed by atoms with van der Waals surface area (Å²) in [5, 5.41) is 0. The van der Waals surface area contributed by atoms with Gasteiger partial charge in [0, 0.05) is 45.8 Å². The van der Waals surface area contributed by atoms with Gasteiger partial charge in [-0.25, -0.2) is 9.18 Å². The Morgan fingerprint density at radius 2 is 1.62 bits per heavy atom. The van der Waals surface area contributed by atoms with Crippen LogP contribution in [0.5, 0.6) is 5.75 Å². The minimum Gasteiger partial charge on any atom is -0.492 e. The normalized spacial score (nSPS) is 16.6. The van der Waals surface area contributed by atoms with E-state index >= 15 is 0 Å². The van der Waals surface area contributed by atoms with Gasteiger partial charge in [-0.05, 0) is 36.8 Å². The summed E-state index contributed by atoms with van der Waals surface area (Å²) in [4.78, 5) is 32.9. The molecule has 0 aromatic heterocycles.